The summed E-state index contributed by atoms with van der Waals surface area (Å²) < 4.78 is 24.3. The topological polar surface area (TPSA) is 49.7 Å². The Hall–Kier alpha value is -0.630. The molecule has 0 aliphatic carbocycles. The Morgan fingerprint density at radius 2 is 1.71 bits per heavy atom. The first-order valence-corrected chi connectivity index (χ1v) is 12.6. The zero-order valence-corrected chi connectivity index (χ0v) is 18.9. The second-order valence-electron chi connectivity index (χ2n) is 6.66. The lowest BCUT2D eigenvalue weighted by atomic mass is 10.1. The Kier molecular flexibility index (Phi) is 5.82. The average Bonchev–Trinajstić information content (AvgIpc) is 3.06. The molecule has 4 rings (SSSR count). The summed E-state index contributed by atoms with van der Waals surface area (Å²) in [5.74, 6) is 0.730. The second-order valence-corrected chi connectivity index (χ2v) is 11.4. The van der Waals surface area contributed by atoms with Crippen molar-refractivity contribution in [2.75, 3.05) is 16.4 Å². The van der Waals surface area contributed by atoms with E-state index >= 15 is 0 Å². The number of aliphatic imine (C=N–C) groups is 1. The number of anilines is 1. The molecule has 2 heterocycles. The van der Waals surface area contributed by atoms with Crippen molar-refractivity contribution >= 4 is 78.9 Å². The molecule has 2 aromatic carbocycles. The molecule has 0 saturated carbocycles. The van der Waals surface area contributed by atoms with Gasteiger partial charge in [0.25, 0.3) is 0 Å². The first-order chi connectivity index (χ1) is 13.2. The van der Waals surface area contributed by atoms with Crippen LogP contribution in [0.25, 0.3) is 0 Å². The van der Waals surface area contributed by atoms with Crippen LogP contribution in [0.2, 0.25) is 20.1 Å². The van der Waals surface area contributed by atoms with Gasteiger partial charge in [0.1, 0.15) is 0 Å². The zero-order chi connectivity index (χ0) is 20.1. The summed E-state index contributed by atoms with van der Waals surface area (Å²) in [6.07, 6.45) is 0. The van der Waals surface area contributed by atoms with Crippen LogP contribution in [0.4, 0.5) is 5.69 Å². The molecular weight excluding hydrogens is 482 g/mol. The molecule has 0 spiro atoms. The van der Waals surface area contributed by atoms with Gasteiger partial charge >= 0.3 is 0 Å². The van der Waals surface area contributed by atoms with E-state index in [1.54, 1.807) is 24.3 Å². The lowest BCUT2D eigenvalue weighted by Gasteiger charge is -2.27. The van der Waals surface area contributed by atoms with Crippen LogP contribution < -0.4 is 4.90 Å². The van der Waals surface area contributed by atoms with Crippen LogP contribution in [-0.4, -0.2) is 37.2 Å². The summed E-state index contributed by atoms with van der Waals surface area (Å²) in [5, 5.41) is 2.72. The van der Waals surface area contributed by atoms with Crippen molar-refractivity contribution in [2.45, 2.75) is 17.8 Å². The lowest BCUT2D eigenvalue weighted by molar-refractivity contribution is 0.601. The highest BCUT2D eigenvalue weighted by Crippen LogP contribution is 2.38. The lowest BCUT2D eigenvalue weighted by Crippen LogP contribution is -2.39. The van der Waals surface area contributed by atoms with E-state index in [9.17, 15) is 8.42 Å². The Bertz CT molecular complexity index is 1060. The van der Waals surface area contributed by atoms with E-state index in [4.69, 9.17) is 51.4 Å². The Balaban J connectivity index is 1.64. The van der Waals surface area contributed by atoms with Crippen LogP contribution in [0.1, 0.15) is 5.56 Å². The molecular formula is C18H14Cl4N2O2S2. The summed E-state index contributed by atoms with van der Waals surface area (Å²) in [7, 11) is -3.12. The SMILES string of the molecule is O=S1(=O)C[C@@H]2[C@@H](C1)N=C(SCc1ccc(Cl)c(Cl)c1)N2c1cc(Cl)cc(Cl)c1. The van der Waals surface area contributed by atoms with Crippen LogP contribution in [0.5, 0.6) is 0 Å². The van der Waals surface area contributed by atoms with E-state index in [1.807, 2.05) is 17.0 Å². The summed E-state index contributed by atoms with van der Waals surface area (Å²) in [4.78, 5) is 6.64. The average molecular weight is 496 g/mol. The molecule has 0 amide bonds. The predicted molar refractivity (Wildman–Crippen MR) is 120 cm³/mol. The predicted octanol–water partition coefficient (Wildman–Crippen LogP) is 5.58. The van der Waals surface area contributed by atoms with Crippen molar-refractivity contribution in [1.82, 2.24) is 0 Å². The van der Waals surface area contributed by atoms with E-state index in [0.29, 0.717) is 25.8 Å². The molecule has 148 valence electrons. The quantitative estimate of drug-likeness (QED) is 0.558. The van der Waals surface area contributed by atoms with Gasteiger partial charge in [-0.1, -0.05) is 64.2 Å². The fourth-order valence-corrected chi connectivity index (χ4v) is 7.14. The number of amidine groups is 1. The minimum atomic E-state index is -3.12. The number of halogens is 4. The third-order valence-electron chi connectivity index (χ3n) is 4.58. The molecule has 2 aliphatic rings. The molecule has 4 nitrogen and oxygen atoms in total. The third-order valence-corrected chi connectivity index (χ3v) is 8.50. The van der Waals surface area contributed by atoms with Gasteiger partial charge < -0.3 is 4.90 Å². The van der Waals surface area contributed by atoms with Gasteiger partial charge in [-0.3, -0.25) is 4.99 Å². The monoisotopic (exact) mass is 494 g/mol. The molecule has 2 aromatic rings. The number of hydrogen-bond donors (Lipinski definition) is 0. The highest BCUT2D eigenvalue weighted by Gasteiger charge is 2.47. The highest BCUT2D eigenvalue weighted by molar-refractivity contribution is 8.13. The molecule has 2 aliphatic heterocycles. The van der Waals surface area contributed by atoms with Crippen LogP contribution in [0.15, 0.2) is 41.4 Å². The van der Waals surface area contributed by atoms with Gasteiger partial charge in [-0.2, -0.15) is 0 Å². The van der Waals surface area contributed by atoms with Gasteiger partial charge in [-0.15, -0.1) is 0 Å². The minimum absolute atomic E-state index is 0.0549. The van der Waals surface area contributed by atoms with Crippen molar-refractivity contribution in [3.8, 4) is 0 Å². The smallest absolute Gasteiger partial charge is 0.164 e. The Morgan fingerprint density at radius 3 is 2.39 bits per heavy atom. The molecule has 0 radical (unpaired) electrons. The van der Waals surface area contributed by atoms with E-state index in [-0.39, 0.29) is 23.6 Å². The highest BCUT2D eigenvalue weighted by atomic mass is 35.5. The van der Waals surface area contributed by atoms with Gasteiger partial charge in [0.15, 0.2) is 15.0 Å². The van der Waals surface area contributed by atoms with Gasteiger partial charge in [0.05, 0.1) is 33.6 Å². The second kappa shape index (κ2) is 7.89. The first kappa shape index (κ1) is 20.6. The van der Waals surface area contributed by atoms with E-state index in [1.165, 1.54) is 11.8 Å². The van der Waals surface area contributed by atoms with Crippen molar-refractivity contribution < 1.29 is 8.42 Å². The molecule has 10 heteroatoms. The first-order valence-electron chi connectivity index (χ1n) is 8.32. The third kappa shape index (κ3) is 4.27. The van der Waals surface area contributed by atoms with Gasteiger partial charge in [0.2, 0.25) is 0 Å². The van der Waals surface area contributed by atoms with Crippen molar-refractivity contribution in [1.29, 1.82) is 0 Å². The van der Waals surface area contributed by atoms with Gasteiger partial charge in [-0.05, 0) is 35.9 Å². The number of benzene rings is 2. The summed E-state index contributed by atoms with van der Waals surface area (Å²) in [5.41, 5.74) is 1.73. The van der Waals surface area contributed by atoms with Gasteiger partial charge in [-0.25, -0.2) is 8.42 Å². The molecule has 0 N–H and O–H groups in total. The summed E-state index contributed by atoms with van der Waals surface area (Å²) in [6.45, 7) is 0. The molecule has 28 heavy (non-hydrogen) atoms. The molecule has 0 unspecified atom stereocenters. The number of rotatable bonds is 3. The van der Waals surface area contributed by atoms with Crippen molar-refractivity contribution in [3.63, 3.8) is 0 Å². The number of sulfone groups is 1. The molecule has 0 aromatic heterocycles. The maximum Gasteiger partial charge on any atom is 0.164 e. The van der Waals surface area contributed by atoms with Crippen molar-refractivity contribution in [3.05, 3.63) is 62.1 Å². The minimum Gasteiger partial charge on any atom is -0.315 e. The van der Waals surface area contributed by atoms with Crippen LogP contribution in [0, 0.1) is 0 Å². The molecule has 1 fully saturated rings. The zero-order valence-electron chi connectivity index (χ0n) is 14.3. The largest absolute Gasteiger partial charge is 0.315 e. The van der Waals surface area contributed by atoms with E-state index in [0.717, 1.165) is 16.4 Å². The van der Waals surface area contributed by atoms with Crippen LogP contribution >= 0.6 is 58.2 Å². The molecule has 2 atom stereocenters. The normalized spacial score (nSPS) is 23.0. The van der Waals surface area contributed by atoms with Gasteiger partial charge in [0, 0.05) is 21.5 Å². The van der Waals surface area contributed by atoms with E-state index in [2.05, 4.69) is 0 Å². The Labute approximate surface area is 187 Å². The maximum absolute atomic E-state index is 12.1. The van der Waals surface area contributed by atoms with E-state index < -0.39 is 9.84 Å². The number of hydrogen-bond acceptors (Lipinski definition) is 5. The fraction of sp³-hybridized carbons (Fsp3) is 0.278. The maximum atomic E-state index is 12.1. The number of nitrogens with zero attached hydrogens (tertiary/aromatic N) is 2. The van der Waals surface area contributed by atoms with Crippen LogP contribution in [-0.2, 0) is 15.6 Å². The molecule has 0 bridgehead atoms. The number of thioether (sulfide) groups is 1. The number of fused-ring (bicyclic) bond motifs is 1. The summed E-state index contributed by atoms with van der Waals surface area (Å²) in [6, 6.07) is 10.1. The fourth-order valence-electron chi connectivity index (χ4n) is 3.39. The summed E-state index contributed by atoms with van der Waals surface area (Å²) >= 11 is 26.0. The Morgan fingerprint density at radius 1 is 1.00 bits per heavy atom. The molecule has 1 saturated heterocycles. The van der Waals surface area contributed by atoms with Crippen molar-refractivity contribution in [2.24, 2.45) is 4.99 Å². The standard InChI is InChI=1S/C18H14Cl4N2O2S2/c19-11-4-12(20)6-13(5-11)24-17-9-28(25,26)8-16(17)23-18(24)27-7-10-1-2-14(21)15(22)3-10/h1-6,16-17H,7-9H2/t16-,17-/m1/s1. The van der Waals surface area contributed by atoms with Crippen LogP contribution in [0.3, 0.4) is 0 Å².